The highest BCUT2D eigenvalue weighted by atomic mass is 16.7. The second-order valence-electron chi connectivity index (χ2n) is 5.51. The smallest absolute Gasteiger partial charge is 0.204 e. The topological polar surface area (TPSA) is 54.7 Å². The molecule has 5 aliphatic rings. The van der Waals surface area contributed by atoms with Gasteiger partial charge in [-0.3, -0.25) is 4.79 Å². The number of ketones is 1. The summed E-state index contributed by atoms with van der Waals surface area (Å²) in [5.74, 6) is 0.188. The molecule has 0 aromatic rings. The normalized spacial score (nSPS) is 68.1. The molecule has 3 saturated heterocycles. The van der Waals surface area contributed by atoms with Crippen molar-refractivity contribution in [1.82, 2.24) is 0 Å². The van der Waals surface area contributed by atoms with Crippen LogP contribution in [0.15, 0.2) is 0 Å². The zero-order chi connectivity index (χ0) is 9.89. The molecular formula is C11H12O4. The summed E-state index contributed by atoms with van der Waals surface area (Å²) in [7, 11) is 0. The largest absolute Gasteiger partial charge is 0.363 e. The standard InChI is InChI=1S/C11H12O4/c12-8-9(5-13-9)6-7(14-6)10-3-1-2-4-11(8,10)15-10/h6-7H,1-5H2. The van der Waals surface area contributed by atoms with Crippen molar-refractivity contribution in [2.75, 3.05) is 6.61 Å². The van der Waals surface area contributed by atoms with E-state index < -0.39 is 11.2 Å². The van der Waals surface area contributed by atoms with Crippen molar-refractivity contribution in [2.24, 2.45) is 0 Å². The third kappa shape index (κ3) is 0.565. The second-order valence-corrected chi connectivity index (χ2v) is 5.51. The number of Topliss-reactive ketones (excluding diaryl/α,β-unsaturated/α-hetero) is 1. The van der Waals surface area contributed by atoms with Gasteiger partial charge in [-0.05, 0) is 19.3 Å². The van der Waals surface area contributed by atoms with Crippen molar-refractivity contribution >= 4 is 5.78 Å². The number of fused-ring (bicyclic) bond motifs is 2. The van der Waals surface area contributed by atoms with Gasteiger partial charge < -0.3 is 14.2 Å². The van der Waals surface area contributed by atoms with Crippen LogP contribution in [0, 0.1) is 0 Å². The SMILES string of the molecule is O=C1C2(CO2)C2OC2C23CCCCC12O3. The molecule has 15 heavy (non-hydrogen) atoms. The Morgan fingerprint density at radius 1 is 1.20 bits per heavy atom. The van der Waals surface area contributed by atoms with Crippen LogP contribution in [0.2, 0.25) is 0 Å². The molecule has 0 radical (unpaired) electrons. The summed E-state index contributed by atoms with van der Waals surface area (Å²) in [6.07, 6.45) is 4.30. The predicted molar refractivity (Wildman–Crippen MR) is 47.4 cm³/mol. The molecule has 0 amide bonds. The summed E-state index contributed by atoms with van der Waals surface area (Å²) in [5.41, 5.74) is -1.31. The first-order valence-electron chi connectivity index (χ1n) is 5.80. The minimum Gasteiger partial charge on any atom is -0.363 e. The van der Waals surface area contributed by atoms with Gasteiger partial charge in [-0.25, -0.2) is 0 Å². The lowest BCUT2D eigenvalue weighted by molar-refractivity contribution is -0.131. The lowest BCUT2D eigenvalue weighted by atomic mass is 9.66. The number of epoxide rings is 3. The first-order chi connectivity index (χ1) is 7.25. The monoisotopic (exact) mass is 208 g/mol. The fourth-order valence-electron chi connectivity index (χ4n) is 4.01. The highest BCUT2D eigenvalue weighted by molar-refractivity contribution is 6.03. The molecule has 5 rings (SSSR count). The third-order valence-electron chi connectivity index (χ3n) is 4.94. The van der Waals surface area contributed by atoms with E-state index in [0.717, 1.165) is 25.7 Å². The Bertz CT molecular complexity index is 401. The predicted octanol–water partition coefficient (Wildman–Crippen LogP) is 0.187. The number of hydrogen-bond acceptors (Lipinski definition) is 4. The molecule has 5 atom stereocenters. The van der Waals surface area contributed by atoms with Crippen LogP contribution in [0.5, 0.6) is 0 Å². The zero-order valence-electron chi connectivity index (χ0n) is 8.32. The van der Waals surface area contributed by atoms with E-state index in [-0.39, 0.29) is 23.6 Å². The van der Waals surface area contributed by atoms with E-state index in [2.05, 4.69) is 0 Å². The molecule has 0 N–H and O–H groups in total. The Balaban J connectivity index is 1.69. The van der Waals surface area contributed by atoms with Gasteiger partial charge >= 0.3 is 0 Å². The van der Waals surface area contributed by atoms with Gasteiger partial charge in [0.05, 0.1) is 6.61 Å². The molecule has 80 valence electrons. The Hall–Kier alpha value is -0.450. The first-order valence-corrected chi connectivity index (χ1v) is 5.80. The Labute approximate surface area is 86.9 Å². The lowest BCUT2D eigenvalue weighted by Gasteiger charge is -2.28. The molecule has 2 saturated carbocycles. The lowest BCUT2D eigenvalue weighted by Crippen LogP contribution is -2.54. The van der Waals surface area contributed by atoms with Crippen molar-refractivity contribution in [3.8, 4) is 0 Å². The fraction of sp³-hybridized carbons (Fsp3) is 0.909. The van der Waals surface area contributed by atoms with E-state index >= 15 is 0 Å². The van der Waals surface area contributed by atoms with Gasteiger partial charge in [0.15, 0.2) is 11.2 Å². The minimum atomic E-state index is -0.581. The average Bonchev–Trinajstić information content (AvgIpc) is 3.12. The van der Waals surface area contributed by atoms with Crippen LogP contribution in [0.25, 0.3) is 0 Å². The summed E-state index contributed by atoms with van der Waals surface area (Å²) < 4.78 is 17.0. The molecule has 2 aliphatic carbocycles. The maximum atomic E-state index is 12.4. The van der Waals surface area contributed by atoms with Crippen LogP contribution in [0.3, 0.4) is 0 Å². The zero-order valence-corrected chi connectivity index (χ0v) is 8.32. The van der Waals surface area contributed by atoms with Crippen LogP contribution in [0.4, 0.5) is 0 Å². The Morgan fingerprint density at radius 3 is 2.80 bits per heavy atom. The molecule has 4 heteroatoms. The van der Waals surface area contributed by atoms with Crippen molar-refractivity contribution in [3.63, 3.8) is 0 Å². The summed E-state index contributed by atoms with van der Waals surface area (Å²) in [6, 6.07) is 0. The van der Waals surface area contributed by atoms with E-state index in [4.69, 9.17) is 14.2 Å². The molecule has 0 aromatic heterocycles. The van der Waals surface area contributed by atoms with E-state index in [9.17, 15) is 4.79 Å². The van der Waals surface area contributed by atoms with Crippen molar-refractivity contribution in [2.45, 2.75) is 54.7 Å². The van der Waals surface area contributed by atoms with E-state index in [0.29, 0.717) is 6.61 Å². The minimum absolute atomic E-state index is 0.0127. The molecular weight excluding hydrogens is 196 g/mol. The van der Waals surface area contributed by atoms with Crippen molar-refractivity contribution in [3.05, 3.63) is 0 Å². The van der Waals surface area contributed by atoms with Gasteiger partial charge in [0.25, 0.3) is 0 Å². The van der Waals surface area contributed by atoms with Crippen LogP contribution in [-0.2, 0) is 19.0 Å². The quantitative estimate of drug-likeness (QED) is 0.533. The molecule has 3 aliphatic heterocycles. The number of ether oxygens (including phenoxy) is 3. The van der Waals surface area contributed by atoms with Gasteiger partial charge in [0.2, 0.25) is 5.78 Å². The van der Waals surface area contributed by atoms with E-state index in [1.807, 2.05) is 0 Å². The fourth-order valence-corrected chi connectivity index (χ4v) is 4.01. The maximum absolute atomic E-state index is 12.4. The summed E-state index contributed by atoms with van der Waals surface area (Å²) in [6.45, 7) is 0.550. The van der Waals surface area contributed by atoms with Crippen LogP contribution < -0.4 is 0 Å². The molecule has 5 fully saturated rings. The van der Waals surface area contributed by atoms with Crippen molar-refractivity contribution in [1.29, 1.82) is 0 Å². The number of hydrogen-bond donors (Lipinski definition) is 0. The van der Waals surface area contributed by atoms with Gasteiger partial charge in [-0.1, -0.05) is 6.42 Å². The summed E-state index contributed by atoms with van der Waals surface area (Å²) in [4.78, 5) is 12.4. The summed E-state index contributed by atoms with van der Waals surface area (Å²) in [5, 5.41) is 0. The average molecular weight is 208 g/mol. The van der Waals surface area contributed by atoms with E-state index in [1.165, 1.54) is 0 Å². The van der Waals surface area contributed by atoms with Gasteiger partial charge in [0.1, 0.15) is 17.8 Å². The second kappa shape index (κ2) is 1.79. The molecule has 1 spiro atoms. The first kappa shape index (κ1) is 7.76. The molecule has 3 heterocycles. The van der Waals surface area contributed by atoms with Gasteiger partial charge in [-0.2, -0.15) is 0 Å². The third-order valence-corrected chi connectivity index (χ3v) is 4.94. The van der Waals surface area contributed by atoms with Crippen LogP contribution >= 0.6 is 0 Å². The Kier molecular flexibility index (Phi) is 0.925. The maximum Gasteiger partial charge on any atom is 0.204 e. The highest BCUT2D eigenvalue weighted by Gasteiger charge is 2.93. The highest BCUT2D eigenvalue weighted by Crippen LogP contribution is 2.72. The number of carbonyl (C=O) groups excluding carboxylic acids is 1. The number of carbonyl (C=O) groups is 1. The van der Waals surface area contributed by atoms with Gasteiger partial charge in [-0.15, -0.1) is 0 Å². The Morgan fingerprint density at radius 2 is 2.00 bits per heavy atom. The van der Waals surface area contributed by atoms with E-state index in [1.54, 1.807) is 0 Å². The summed E-state index contributed by atoms with van der Waals surface area (Å²) >= 11 is 0. The molecule has 5 unspecified atom stereocenters. The van der Waals surface area contributed by atoms with Gasteiger partial charge in [0, 0.05) is 0 Å². The number of rotatable bonds is 0. The van der Waals surface area contributed by atoms with Crippen LogP contribution in [-0.4, -0.2) is 41.4 Å². The molecule has 4 nitrogen and oxygen atoms in total. The van der Waals surface area contributed by atoms with Crippen LogP contribution in [0.1, 0.15) is 25.7 Å². The molecule has 0 aromatic carbocycles. The molecule has 0 bridgehead atoms. The van der Waals surface area contributed by atoms with Crippen molar-refractivity contribution < 1.29 is 19.0 Å².